The smallest absolute Gasteiger partial charge is 0.328 e. The number of fused-ring (bicyclic) bond motifs is 3. The van der Waals surface area contributed by atoms with Gasteiger partial charge in [-0.05, 0) is 30.9 Å². The van der Waals surface area contributed by atoms with Crippen molar-refractivity contribution < 1.29 is 14.3 Å². The average molecular weight is 396 g/mol. The summed E-state index contributed by atoms with van der Waals surface area (Å²) >= 11 is 0. The van der Waals surface area contributed by atoms with Crippen LogP contribution in [0.3, 0.4) is 0 Å². The number of benzene rings is 1. The molecule has 152 valence electrons. The van der Waals surface area contributed by atoms with Crippen LogP contribution in [-0.2, 0) is 16.1 Å². The second-order valence-corrected chi connectivity index (χ2v) is 7.80. The number of hydrogen-bond acceptors (Lipinski definition) is 5. The number of esters is 1. The lowest BCUT2D eigenvalue weighted by atomic mass is 10.2. The highest BCUT2D eigenvalue weighted by molar-refractivity contribution is 5.97. The molecule has 8 nitrogen and oxygen atoms in total. The van der Waals surface area contributed by atoms with Gasteiger partial charge >= 0.3 is 5.97 Å². The van der Waals surface area contributed by atoms with Gasteiger partial charge in [0.15, 0.2) is 5.69 Å². The molecule has 1 saturated heterocycles. The monoisotopic (exact) mass is 396 g/mol. The number of ether oxygens (including phenoxy) is 1. The lowest BCUT2D eigenvalue weighted by molar-refractivity contribution is -0.145. The summed E-state index contributed by atoms with van der Waals surface area (Å²) in [7, 11) is 1.32. The van der Waals surface area contributed by atoms with Crippen LogP contribution >= 0.6 is 0 Å². The molecule has 3 heterocycles. The Hall–Kier alpha value is -3.16. The molecule has 1 fully saturated rings. The molecule has 0 bridgehead atoms. The number of amides is 1. The molecule has 0 N–H and O–H groups in total. The maximum absolute atomic E-state index is 13.2. The van der Waals surface area contributed by atoms with Crippen LogP contribution in [0.25, 0.3) is 16.6 Å². The van der Waals surface area contributed by atoms with Crippen molar-refractivity contribution in [1.82, 2.24) is 19.1 Å². The normalized spacial score (nSPS) is 16.8. The Labute approximate surface area is 167 Å². The molecule has 2 aromatic heterocycles. The first-order chi connectivity index (χ1) is 13.9. The third-order valence-corrected chi connectivity index (χ3v) is 5.33. The zero-order valence-electron chi connectivity index (χ0n) is 16.8. The molecule has 1 amide bonds. The summed E-state index contributed by atoms with van der Waals surface area (Å²) in [4.78, 5) is 39.8. The zero-order valence-corrected chi connectivity index (χ0v) is 16.8. The summed E-state index contributed by atoms with van der Waals surface area (Å²) < 4.78 is 8.09. The van der Waals surface area contributed by atoms with Crippen molar-refractivity contribution in [2.24, 2.45) is 5.92 Å². The van der Waals surface area contributed by atoms with Crippen molar-refractivity contribution in [2.75, 3.05) is 13.7 Å². The lowest BCUT2D eigenvalue weighted by Gasteiger charge is -2.21. The number of carbonyl (C=O) groups excluding carboxylic acids is 2. The number of nitrogens with zero attached hydrogens (tertiary/aromatic N) is 4. The molecule has 1 aromatic carbocycles. The van der Waals surface area contributed by atoms with Gasteiger partial charge in [0.2, 0.25) is 0 Å². The zero-order chi connectivity index (χ0) is 20.7. The molecule has 3 aromatic rings. The molecule has 1 atom stereocenters. The Morgan fingerprint density at radius 1 is 1.21 bits per heavy atom. The van der Waals surface area contributed by atoms with Gasteiger partial charge in [-0.15, -0.1) is 0 Å². The van der Waals surface area contributed by atoms with Gasteiger partial charge in [-0.2, -0.15) is 5.10 Å². The molecule has 0 radical (unpaired) electrons. The molecule has 0 saturated carbocycles. The molecule has 8 heteroatoms. The number of aromatic nitrogens is 3. The molecule has 4 rings (SSSR count). The van der Waals surface area contributed by atoms with Gasteiger partial charge in [0, 0.05) is 19.2 Å². The molecular weight excluding hydrogens is 372 g/mol. The minimum absolute atomic E-state index is 0.158. The van der Waals surface area contributed by atoms with Gasteiger partial charge in [0.25, 0.3) is 11.5 Å². The Morgan fingerprint density at radius 3 is 2.62 bits per heavy atom. The summed E-state index contributed by atoms with van der Waals surface area (Å²) in [6.45, 7) is 5.14. The van der Waals surface area contributed by atoms with Crippen molar-refractivity contribution in [2.45, 2.75) is 39.3 Å². The SMILES string of the molecule is COC(=O)[C@@H]1CCCN1C(=O)c1cc2c(=O)n(CC(C)C)c3ccccc3n2n1. The fourth-order valence-electron chi connectivity index (χ4n) is 4.03. The number of methoxy groups -OCH3 is 1. The second-order valence-electron chi connectivity index (χ2n) is 7.80. The summed E-state index contributed by atoms with van der Waals surface area (Å²) in [5.41, 5.74) is 1.85. The van der Waals surface area contributed by atoms with Crippen LogP contribution in [0.4, 0.5) is 0 Å². The highest BCUT2D eigenvalue weighted by atomic mass is 16.5. The van der Waals surface area contributed by atoms with E-state index in [1.807, 2.05) is 24.3 Å². The first kappa shape index (κ1) is 19.2. The maximum Gasteiger partial charge on any atom is 0.328 e. The van der Waals surface area contributed by atoms with Crippen LogP contribution in [0.5, 0.6) is 0 Å². The standard InChI is InChI=1S/C21H24N4O4/c1-13(2)12-24-15-7-4-5-8-16(15)25-18(20(24)27)11-14(22-25)19(26)23-10-6-9-17(23)21(28)29-3/h4-5,7-8,11,13,17H,6,9-10,12H2,1-3H3/t17-/m0/s1. The predicted molar refractivity (Wildman–Crippen MR) is 108 cm³/mol. The molecule has 29 heavy (non-hydrogen) atoms. The quantitative estimate of drug-likeness (QED) is 0.631. The van der Waals surface area contributed by atoms with Gasteiger partial charge in [0.05, 0.1) is 18.1 Å². The van der Waals surface area contributed by atoms with E-state index < -0.39 is 12.0 Å². The van der Waals surface area contributed by atoms with Crippen LogP contribution < -0.4 is 5.56 Å². The fourth-order valence-corrected chi connectivity index (χ4v) is 4.03. The van der Waals surface area contributed by atoms with Crippen molar-refractivity contribution in [3.05, 3.63) is 46.4 Å². The van der Waals surface area contributed by atoms with Gasteiger partial charge in [-0.25, -0.2) is 9.31 Å². The largest absolute Gasteiger partial charge is 0.467 e. The number of carbonyl (C=O) groups is 2. The van der Waals surface area contributed by atoms with Crippen LogP contribution in [0.1, 0.15) is 37.2 Å². The topological polar surface area (TPSA) is 85.9 Å². The van der Waals surface area contributed by atoms with Crippen LogP contribution in [0.15, 0.2) is 35.1 Å². The van der Waals surface area contributed by atoms with E-state index in [2.05, 4.69) is 18.9 Å². The third kappa shape index (κ3) is 3.18. The van der Waals surface area contributed by atoms with Gasteiger partial charge in [-0.3, -0.25) is 9.59 Å². The number of rotatable bonds is 4. The van der Waals surface area contributed by atoms with E-state index >= 15 is 0 Å². The maximum atomic E-state index is 13.2. The number of hydrogen-bond donors (Lipinski definition) is 0. The Kier molecular flexibility index (Phi) is 4.86. The van der Waals surface area contributed by atoms with E-state index in [9.17, 15) is 14.4 Å². The summed E-state index contributed by atoms with van der Waals surface area (Å²) in [5.74, 6) is -0.502. The molecular formula is C21H24N4O4. The summed E-state index contributed by atoms with van der Waals surface area (Å²) in [6.07, 6.45) is 1.29. The second kappa shape index (κ2) is 7.35. The molecule has 0 spiro atoms. The highest BCUT2D eigenvalue weighted by Gasteiger charge is 2.36. The summed E-state index contributed by atoms with van der Waals surface area (Å²) in [6, 6.07) is 8.45. The van der Waals surface area contributed by atoms with E-state index in [1.54, 1.807) is 4.57 Å². The van der Waals surface area contributed by atoms with Gasteiger partial charge < -0.3 is 14.2 Å². The van der Waals surface area contributed by atoms with Crippen LogP contribution in [0, 0.1) is 5.92 Å². The predicted octanol–water partition coefficient (Wildman–Crippen LogP) is 2.08. The van der Waals surface area contributed by atoms with E-state index in [0.717, 1.165) is 17.5 Å². The molecule has 0 unspecified atom stereocenters. The average Bonchev–Trinajstić information content (AvgIpc) is 3.37. The van der Waals surface area contributed by atoms with E-state index in [0.29, 0.717) is 25.0 Å². The first-order valence-corrected chi connectivity index (χ1v) is 9.82. The van der Waals surface area contributed by atoms with Gasteiger partial charge in [-0.1, -0.05) is 26.0 Å². The third-order valence-electron chi connectivity index (χ3n) is 5.33. The van der Waals surface area contributed by atoms with Crippen LogP contribution in [-0.4, -0.2) is 50.7 Å². The van der Waals surface area contributed by atoms with Crippen molar-refractivity contribution in [3.8, 4) is 0 Å². The van der Waals surface area contributed by atoms with Crippen molar-refractivity contribution >= 4 is 28.4 Å². The Bertz CT molecular complexity index is 1160. The molecule has 1 aliphatic rings. The molecule has 0 aliphatic carbocycles. The lowest BCUT2D eigenvalue weighted by Crippen LogP contribution is -2.41. The Balaban J connectivity index is 1.85. The minimum Gasteiger partial charge on any atom is -0.467 e. The van der Waals surface area contributed by atoms with Crippen molar-refractivity contribution in [1.29, 1.82) is 0 Å². The fraction of sp³-hybridized carbons (Fsp3) is 0.429. The van der Waals surface area contributed by atoms with E-state index in [1.165, 1.54) is 22.6 Å². The number of para-hydroxylation sites is 2. The van der Waals surface area contributed by atoms with Crippen molar-refractivity contribution in [3.63, 3.8) is 0 Å². The highest BCUT2D eigenvalue weighted by Crippen LogP contribution is 2.22. The minimum atomic E-state index is -0.605. The van der Waals surface area contributed by atoms with Crippen LogP contribution in [0.2, 0.25) is 0 Å². The number of likely N-dealkylation sites (tertiary alicyclic amines) is 1. The van der Waals surface area contributed by atoms with E-state index in [4.69, 9.17) is 4.74 Å². The first-order valence-electron chi connectivity index (χ1n) is 9.82. The summed E-state index contributed by atoms with van der Waals surface area (Å²) in [5, 5.41) is 4.45. The van der Waals surface area contributed by atoms with Gasteiger partial charge in [0.1, 0.15) is 11.6 Å². The Morgan fingerprint density at radius 2 is 1.93 bits per heavy atom. The van der Waals surface area contributed by atoms with E-state index in [-0.39, 0.29) is 23.1 Å². The molecule has 1 aliphatic heterocycles.